The Labute approximate surface area is 107 Å². The Morgan fingerprint density at radius 2 is 2.44 bits per heavy atom. The Hall–Kier alpha value is -1.48. The van der Waals surface area contributed by atoms with Crippen molar-refractivity contribution in [3.63, 3.8) is 0 Å². The number of nitrogens with zero attached hydrogens (tertiary/aromatic N) is 4. The van der Waals surface area contributed by atoms with E-state index in [1.807, 2.05) is 4.90 Å². The maximum Gasteiger partial charge on any atom is 0.222 e. The molecule has 0 aromatic heterocycles. The summed E-state index contributed by atoms with van der Waals surface area (Å²) >= 11 is 0. The number of carbonyl (C=O) groups excluding carboxylic acids is 1. The van der Waals surface area contributed by atoms with Crippen LogP contribution in [0.1, 0.15) is 38.5 Å². The van der Waals surface area contributed by atoms with Gasteiger partial charge in [0.1, 0.15) is 0 Å². The number of piperidine rings is 1. The first kappa shape index (κ1) is 13.0. The molecule has 0 N–H and O–H groups in total. The molecule has 0 spiro atoms. The van der Waals surface area contributed by atoms with Crippen molar-refractivity contribution in [2.75, 3.05) is 19.6 Å². The molecule has 0 bridgehead atoms. The molecule has 2 rings (SSSR count). The molecule has 1 heterocycles. The molecule has 1 saturated heterocycles. The van der Waals surface area contributed by atoms with E-state index in [0.29, 0.717) is 19.4 Å². The topological polar surface area (TPSA) is 69.1 Å². The Morgan fingerprint density at radius 3 is 3.28 bits per heavy atom. The van der Waals surface area contributed by atoms with E-state index in [4.69, 9.17) is 5.53 Å². The Kier molecular flexibility index (Phi) is 4.65. The van der Waals surface area contributed by atoms with Crippen LogP contribution in [0.4, 0.5) is 0 Å². The molecular weight excluding hydrogens is 228 g/mol. The third kappa shape index (κ3) is 3.26. The van der Waals surface area contributed by atoms with E-state index < -0.39 is 0 Å². The Morgan fingerprint density at radius 1 is 1.56 bits per heavy atom. The van der Waals surface area contributed by atoms with E-state index in [0.717, 1.165) is 25.4 Å². The van der Waals surface area contributed by atoms with Crippen molar-refractivity contribution in [3.8, 4) is 0 Å². The average Bonchev–Trinajstić information content (AvgIpc) is 2.43. The quantitative estimate of drug-likeness (QED) is 0.248. The number of hydrogen-bond donors (Lipinski definition) is 0. The minimum absolute atomic E-state index is 0.202. The van der Waals surface area contributed by atoms with Crippen LogP contribution in [0.5, 0.6) is 0 Å². The van der Waals surface area contributed by atoms with E-state index in [1.165, 1.54) is 24.8 Å². The molecule has 1 amide bonds. The van der Waals surface area contributed by atoms with Crippen LogP contribution in [-0.4, -0.2) is 30.4 Å². The van der Waals surface area contributed by atoms with Crippen LogP contribution in [0, 0.1) is 5.92 Å². The van der Waals surface area contributed by atoms with Crippen molar-refractivity contribution in [1.82, 2.24) is 4.90 Å². The normalized spacial score (nSPS) is 22.8. The lowest BCUT2D eigenvalue weighted by Crippen LogP contribution is -2.40. The standard InChI is InChI=1S/C13H20N4O/c14-16-15-8-3-6-13(18)17-9-7-11-4-1-2-5-12(11)10-17/h5,11H,1-4,6-10H2. The number of amides is 1. The second-order valence-electron chi connectivity index (χ2n) is 5.07. The van der Waals surface area contributed by atoms with E-state index in [-0.39, 0.29) is 5.91 Å². The largest absolute Gasteiger partial charge is 0.339 e. The summed E-state index contributed by atoms with van der Waals surface area (Å²) in [6.07, 6.45) is 8.37. The van der Waals surface area contributed by atoms with E-state index in [1.54, 1.807) is 0 Å². The SMILES string of the molecule is [N-]=[N+]=NCCCC(=O)N1CCC2CCCC=C2C1. The van der Waals surface area contributed by atoms with Gasteiger partial charge in [0.05, 0.1) is 0 Å². The first-order chi connectivity index (χ1) is 8.81. The van der Waals surface area contributed by atoms with Crippen LogP contribution >= 0.6 is 0 Å². The van der Waals surface area contributed by atoms with Crippen molar-refractivity contribution in [1.29, 1.82) is 0 Å². The lowest BCUT2D eigenvalue weighted by Gasteiger charge is -2.36. The third-order valence-corrected chi connectivity index (χ3v) is 3.87. The molecule has 0 radical (unpaired) electrons. The molecule has 0 saturated carbocycles. The molecule has 1 aliphatic heterocycles. The molecule has 1 fully saturated rings. The lowest BCUT2D eigenvalue weighted by atomic mass is 9.82. The van der Waals surface area contributed by atoms with Gasteiger partial charge in [0.2, 0.25) is 5.91 Å². The van der Waals surface area contributed by atoms with Crippen LogP contribution in [0.15, 0.2) is 16.8 Å². The van der Waals surface area contributed by atoms with Gasteiger partial charge in [-0.15, -0.1) is 0 Å². The van der Waals surface area contributed by atoms with Crippen LogP contribution in [0.3, 0.4) is 0 Å². The second kappa shape index (κ2) is 6.45. The van der Waals surface area contributed by atoms with Gasteiger partial charge in [-0.25, -0.2) is 0 Å². The van der Waals surface area contributed by atoms with Crippen molar-refractivity contribution in [2.45, 2.75) is 38.5 Å². The van der Waals surface area contributed by atoms with E-state index in [9.17, 15) is 4.79 Å². The molecule has 1 unspecified atom stereocenters. The van der Waals surface area contributed by atoms with Gasteiger partial charge in [-0.2, -0.15) is 0 Å². The van der Waals surface area contributed by atoms with Crippen LogP contribution in [0.25, 0.3) is 10.4 Å². The average molecular weight is 248 g/mol. The molecule has 0 aromatic rings. The minimum Gasteiger partial charge on any atom is -0.339 e. The number of hydrogen-bond acceptors (Lipinski definition) is 2. The predicted octanol–water partition coefficient (Wildman–Crippen LogP) is 3.04. The molecule has 1 aliphatic carbocycles. The van der Waals surface area contributed by atoms with Gasteiger partial charge in [0, 0.05) is 31.0 Å². The van der Waals surface area contributed by atoms with Crippen molar-refractivity contribution >= 4 is 5.91 Å². The zero-order valence-corrected chi connectivity index (χ0v) is 10.7. The lowest BCUT2D eigenvalue weighted by molar-refractivity contribution is -0.131. The number of likely N-dealkylation sites (tertiary alicyclic amines) is 1. The van der Waals surface area contributed by atoms with Gasteiger partial charge in [0.15, 0.2) is 0 Å². The monoisotopic (exact) mass is 248 g/mol. The van der Waals surface area contributed by atoms with Crippen LogP contribution in [-0.2, 0) is 4.79 Å². The highest BCUT2D eigenvalue weighted by Gasteiger charge is 2.27. The highest BCUT2D eigenvalue weighted by atomic mass is 16.2. The highest BCUT2D eigenvalue weighted by Crippen LogP contribution is 2.31. The van der Waals surface area contributed by atoms with Gasteiger partial charge in [-0.1, -0.05) is 16.8 Å². The van der Waals surface area contributed by atoms with Crippen molar-refractivity contribution < 1.29 is 4.79 Å². The molecular formula is C13H20N4O. The van der Waals surface area contributed by atoms with E-state index >= 15 is 0 Å². The van der Waals surface area contributed by atoms with E-state index in [2.05, 4.69) is 16.1 Å². The molecule has 5 nitrogen and oxygen atoms in total. The number of carbonyl (C=O) groups is 1. The number of allylic oxidation sites excluding steroid dienone is 1. The predicted molar refractivity (Wildman–Crippen MR) is 69.9 cm³/mol. The Bertz CT molecular complexity index is 384. The number of fused-ring (bicyclic) bond motifs is 1. The molecule has 18 heavy (non-hydrogen) atoms. The van der Waals surface area contributed by atoms with Gasteiger partial charge >= 0.3 is 0 Å². The maximum absolute atomic E-state index is 12.0. The third-order valence-electron chi connectivity index (χ3n) is 3.87. The smallest absolute Gasteiger partial charge is 0.222 e. The van der Waals surface area contributed by atoms with Crippen LogP contribution < -0.4 is 0 Å². The summed E-state index contributed by atoms with van der Waals surface area (Å²) in [6, 6.07) is 0. The summed E-state index contributed by atoms with van der Waals surface area (Å²) < 4.78 is 0. The number of azide groups is 1. The molecule has 1 atom stereocenters. The molecule has 98 valence electrons. The van der Waals surface area contributed by atoms with Crippen LogP contribution in [0.2, 0.25) is 0 Å². The fraction of sp³-hybridized carbons (Fsp3) is 0.769. The summed E-state index contributed by atoms with van der Waals surface area (Å²) in [5.41, 5.74) is 9.63. The summed E-state index contributed by atoms with van der Waals surface area (Å²) in [5, 5.41) is 3.45. The minimum atomic E-state index is 0.202. The van der Waals surface area contributed by atoms with Gasteiger partial charge in [-0.05, 0) is 43.6 Å². The molecule has 0 aromatic carbocycles. The maximum atomic E-state index is 12.0. The Balaban J connectivity index is 1.81. The first-order valence-electron chi connectivity index (χ1n) is 6.79. The fourth-order valence-corrected chi connectivity index (χ4v) is 2.85. The summed E-state index contributed by atoms with van der Waals surface area (Å²) in [7, 11) is 0. The fourth-order valence-electron chi connectivity index (χ4n) is 2.85. The van der Waals surface area contributed by atoms with Crippen molar-refractivity contribution in [2.24, 2.45) is 11.0 Å². The van der Waals surface area contributed by atoms with Gasteiger partial charge in [0.25, 0.3) is 0 Å². The zero-order valence-electron chi connectivity index (χ0n) is 10.7. The van der Waals surface area contributed by atoms with Gasteiger partial charge in [-0.3, -0.25) is 4.79 Å². The van der Waals surface area contributed by atoms with Gasteiger partial charge < -0.3 is 4.90 Å². The first-order valence-corrected chi connectivity index (χ1v) is 6.79. The zero-order chi connectivity index (χ0) is 12.8. The molecule has 2 aliphatic rings. The summed E-state index contributed by atoms with van der Waals surface area (Å²) in [4.78, 5) is 16.7. The highest BCUT2D eigenvalue weighted by molar-refractivity contribution is 5.76. The second-order valence-corrected chi connectivity index (χ2v) is 5.07. The number of rotatable bonds is 4. The molecule has 5 heteroatoms. The van der Waals surface area contributed by atoms with Crippen molar-refractivity contribution in [3.05, 3.63) is 22.1 Å². The summed E-state index contributed by atoms with van der Waals surface area (Å²) in [5.74, 6) is 0.930. The summed E-state index contributed by atoms with van der Waals surface area (Å²) in [6.45, 7) is 2.13.